The molecule has 29 heavy (non-hydrogen) atoms. The van der Waals surface area contributed by atoms with Gasteiger partial charge in [-0.05, 0) is 55.7 Å². The smallest absolute Gasteiger partial charge is 0.160 e. The maximum absolute atomic E-state index is 10.2. The first-order valence-electron chi connectivity index (χ1n) is 9.69. The number of nitrogens with one attached hydrogen (secondary N) is 1. The van der Waals surface area contributed by atoms with Crippen molar-refractivity contribution in [1.29, 1.82) is 5.26 Å². The van der Waals surface area contributed by atoms with E-state index in [2.05, 4.69) is 5.32 Å². The van der Waals surface area contributed by atoms with Crippen molar-refractivity contribution in [3.05, 3.63) is 59.7 Å². The number of nitrogens with zero attached hydrogens (tertiary/aromatic N) is 1. The summed E-state index contributed by atoms with van der Waals surface area (Å²) in [5, 5.41) is 22.0. The number of ether oxygens (including phenoxy) is 3. The number of hydrogen-bond acceptors (Lipinski definition) is 6. The molecule has 0 amide bonds. The Morgan fingerprint density at radius 3 is 2.76 bits per heavy atom. The largest absolute Gasteiger partial charge is 0.493 e. The Kier molecular flexibility index (Phi) is 8.94. The molecule has 0 spiro atoms. The third-order valence-electron chi connectivity index (χ3n) is 4.75. The Hall–Kier alpha value is -2.59. The SMILES string of the molecule is COc1ccc(CCNCC(O)COC2(C)C=CC(C=CC#N)=CC2)cc1OC. The summed E-state index contributed by atoms with van der Waals surface area (Å²) in [6.07, 6.45) is 10.1. The van der Waals surface area contributed by atoms with Gasteiger partial charge in [0.25, 0.3) is 0 Å². The average molecular weight is 399 g/mol. The molecule has 6 nitrogen and oxygen atoms in total. The molecule has 6 heteroatoms. The average Bonchev–Trinajstić information content (AvgIpc) is 2.75. The van der Waals surface area contributed by atoms with Crippen LogP contribution in [0.1, 0.15) is 18.9 Å². The van der Waals surface area contributed by atoms with E-state index in [0.717, 1.165) is 24.1 Å². The van der Waals surface area contributed by atoms with Crippen LogP contribution in [0, 0.1) is 11.3 Å². The van der Waals surface area contributed by atoms with E-state index >= 15 is 0 Å². The number of aliphatic hydroxyl groups is 1. The fraction of sp³-hybridized carbons (Fsp3) is 0.435. The molecule has 0 heterocycles. The van der Waals surface area contributed by atoms with E-state index < -0.39 is 11.7 Å². The van der Waals surface area contributed by atoms with E-state index in [9.17, 15) is 5.11 Å². The molecule has 156 valence electrons. The van der Waals surface area contributed by atoms with Crippen molar-refractivity contribution in [2.24, 2.45) is 0 Å². The van der Waals surface area contributed by atoms with E-state index in [-0.39, 0.29) is 6.61 Å². The number of methoxy groups -OCH3 is 2. The summed E-state index contributed by atoms with van der Waals surface area (Å²) in [6, 6.07) is 7.85. The van der Waals surface area contributed by atoms with Crippen LogP contribution in [0.5, 0.6) is 11.5 Å². The second-order valence-corrected chi connectivity index (χ2v) is 7.12. The molecular weight excluding hydrogens is 368 g/mol. The first kappa shape index (κ1) is 22.7. The fourth-order valence-electron chi connectivity index (χ4n) is 2.98. The van der Waals surface area contributed by atoms with Gasteiger partial charge >= 0.3 is 0 Å². The fourth-order valence-corrected chi connectivity index (χ4v) is 2.98. The molecule has 2 unspecified atom stereocenters. The van der Waals surface area contributed by atoms with Crippen LogP contribution in [0.4, 0.5) is 0 Å². The maximum atomic E-state index is 10.2. The Labute approximate surface area is 173 Å². The van der Waals surface area contributed by atoms with Gasteiger partial charge in [0.2, 0.25) is 0 Å². The van der Waals surface area contributed by atoms with Crippen molar-refractivity contribution >= 4 is 0 Å². The molecule has 0 aliphatic heterocycles. The van der Waals surface area contributed by atoms with Crippen LogP contribution in [-0.4, -0.2) is 50.7 Å². The lowest BCUT2D eigenvalue weighted by Crippen LogP contribution is -2.36. The van der Waals surface area contributed by atoms with Crippen molar-refractivity contribution in [2.45, 2.75) is 31.5 Å². The van der Waals surface area contributed by atoms with E-state index in [4.69, 9.17) is 19.5 Å². The van der Waals surface area contributed by atoms with E-state index in [0.29, 0.717) is 24.5 Å². The van der Waals surface area contributed by atoms with Gasteiger partial charge in [0.15, 0.2) is 11.5 Å². The maximum Gasteiger partial charge on any atom is 0.160 e. The van der Waals surface area contributed by atoms with Crippen molar-refractivity contribution in [3.63, 3.8) is 0 Å². The first-order valence-corrected chi connectivity index (χ1v) is 9.69. The Morgan fingerprint density at radius 1 is 1.31 bits per heavy atom. The van der Waals surface area contributed by atoms with Gasteiger partial charge < -0.3 is 24.6 Å². The predicted octanol–water partition coefficient (Wildman–Crippen LogP) is 2.94. The number of hydrogen-bond donors (Lipinski definition) is 2. The van der Waals surface area contributed by atoms with Crippen molar-refractivity contribution < 1.29 is 19.3 Å². The third-order valence-corrected chi connectivity index (χ3v) is 4.75. The van der Waals surface area contributed by atoms with Crippen molar-refractivity contribution in [1.82, 2.24) is 5.32 Å². The summed E-state index contributed by atoms with van der Waals surface area (Å²) in [4.78, 5) is 0. The predicted molar refractivity (Wildman–Crippen MR) is 113 cm³/mol. The topological polar surface area (TPSA) is 83.7 Å². The molecule has 0 bridgehead atoms. The van der Waals surface area contributed by atoms with Crippen molar-refractivity contribution in [2.75, 3.05) is 33.9 Å². The third kappa shape index (κ3) is 7.39. The minimum atomic E-state index is -0.588. The quantitative estimate of drug-likeness (QED) is 0.440. The molecule has 0 fully saturated rings. The lowest BCUT2D eigenvalue weighted by Gasteiger charge is -2.29. The van der Waals surface area contributed by atoms with Gasteiger partial charge in [0.05, 0.1) is 38.6 Å². The molecule has 0 saturated carbocycles. The lowest BCUT2D eigenvalue weighted by atomic mass is 9.93. The van der Waals surface area contributed by atoms with Gasteiger partial charge in [-0.2, -0.15) is 5.26 Å². The number of aliphatic hydroxyl groups excluding tert-OH is 1. The van der Waals surface area contributed by atoms with Gasteiger partial charge in [-0.3, -0.25) is 0 Å². The summed E-state index contributed by atoms with van der Waals surface area (Å²) in [5.41, 5.74) is 1.68. The molecule has 1 aliphatic rings. The molecule has 1 aliphatic carbocycles. The Morgan fingerprint density at radius 2 is 2.10 bits per heavy atom. The zero-order valence-electron chi connectivity index (χ0n) is 17.4. The molecule has 0 saturated heterocycles. The van der Waals surface area contributed by atoms with Crippen LogP contribution < -0.4 is 14.8 Å². The number of allylic oxidation sites excluding steroid dienone is 4. The van der Waals surface area contributed by atoms with Crippen LogP contribution in [0.3, 0.4) is 0 Å². The van der Waals surface area contributed by atoms with E-state index in [1.54, 1.807) is 20.3 Å². The van der Waals surface area contributed by atoms with Crippen LogP contribution in [0.2, 0.25) is 0 Å². The Bertz CT molecular complexity index is 795. The van der Waals surface area contributed by atoms with Crippen LogP contribution in [0.15, 0.2) is 54.2 Å². The van der Waals surface area contributed by atoms with Gasteiger partial charge in [-0.15, -0.1) is 0 Å². The normalized spacial score (nSPS) is 19.6. The molecule has 2 N–H and O–H groups in total. The molecule has 1 aromatic carbocycles. The number of benzene rings is 1. The standard InChI is InChI=1S/C23H30N2O4/c1-23(11-8-18(9-12-23)5-4-13-24)29-17-20(26)16-25-14-10-19-6-7-21(27-2)22(15-19)28-3/h4-9,11,15,20,25-26H,10,12,14,16-17H2,1-3H3. The molecule has 0 aromatic heterocycles. The lowest BCUT2D eigenvalue weighted by molar-refractivity contribution is -0.0406. The second kappa shape index (κ2) is 11.4. The van der Waals surface area contributed by atoms with Gasteiger partial charge in [-0.25, -0.2) is 0 Å². The minimum absolute atomic E-state index is 0.251. The number of nitriles is 1. The van der Waals surface area contributed by atoms with Gasteiger partial charge in [0, 0.05) is 12.6 Å². The molecule has 2 rings (SSSR count). The zero-order valence-corrected chi connectivity index (χ0v) is 17.4. The summed E-state index contributed by atoms with van der Waals surface area (Å²) in [5.74, 6) is 1.43. The highest BCUT2D eigenvalue weighted by atomic mass is 16.5. The summed E-state index contributed by atoms with van der Waals surface area (Å²) < 4.78 is 16.5. The summed E-state index contributed by atoms with van der Waals surface area (Å²) in [7, 11) is 3.24. The van der Waals surface area contributed by atoms with Crippen LogP contribution >= 0.6 is 0 Å². The van der Waals surface area contributed by atoms with Crippen molar-refractivity contribution in [3.8, 4) is 17.6 Å². The highest BCUT2D eigenvalue weighted by Gasteiger charge is 2.24. The molecule has 0 radical (unpaired) electrons. The van der Waals surface area contributed by atoms with Gasteiger partial charge in [0.1, 0.15) is 0 Å². The first-order chi connectivity index (χ1) is 14.0. The minimum Gasteiger partial charge on any atom is -0.493 e. The number of rotatable bonds is 11. The Balaban J connectivity index is 1.68. The summed E-state index contributed by atoms with van der Waals surface area (Å²) in [6.45, 7) is 3.43. The molecular formula is C23H30N2O4. The monoisotopic (exact) mass is 398 g/mol. The van der Waals surface area contributed by atoms with Gasteiger partial charge in [-0.1, -0.05) is 24.3 Å². The highest BCUT2D eigenvalue weighted by molar-refractivity contribution is 5.43. The van der Waals surface area contributed by atoms with E-state index in [1.807, 2.05) is 49.4 Å². The van der Waals surface area contributed by atoms with Crippen LogP contribution in [-0.2, 0) is 11.2 Å². The van der Waals surface area contributed by atoms with E-state index in [1.165, 1.54) is 6.08 Å². The summed E-state index contributed by atoms with van der Waals surface area (Å²) >= 11 is 0. The highest BCUT2D eigenvalue weighted by Crippen LogP contribution is 2.27. The van der Waals surface area contributed by atoms with Crippen LogP contribution in [0.25, 0.3) is 0 Å². The molecule has 2 atom stereocenters. The zero-order chi connectivity index (χ0) is 21.1. The molecule has 1 aromatic rings. The second-order valence-electron chi connectivity index (χ2n) is 7.12.